The highest BCUT2D eigenvalue weighted by atomic mass is 16.5. The number of allylic oxidation sites excluding steroid dienone is 1. The lowest BCUT2D eigenvalue weighted by Gasteiger charge is -2.19. The van der Waals surface area contributed by atoms with Crippen molar-refractivity contribution in [2.75, 3.05) is 6.61 Å². The summed E-state index contributed by atoms with van der Waals surface area (Å²) in [6, 6.07) is 0. The molecule has 0 heterocycles. The second-order valence-corrected chi connectivity index (χ2v) is 4.55. The molecule has 68 valence electrons. The zero-order valence-electron chi connectivity index (χ0n) is 7.99. The molecular formula is C11H18O. The van der Waals surface area contributed by atoms with Crippen molar-refractivity contribution < 1.29 is 4.74 Å². The maximum Gasteiger partial charge on any atom is 0.0643 e. The van der Waals surface area contributed by atoms with Gasteiger partial charge in [0.25, 0.3) is 0 Å². The van der Waals surface area contributed by atoms with Crippen molar-refractivity contribution in [1.82, 2.24) is 0 Å². The number of fused-ring (bicyclic) bond motifs is 2. The van der Waals surface area contributed by atoms with Crippen LogP contribution in [0.4, 0.5) is 0 Å². The summed E-state index contributed by atoms with van der Waals surface area (Å²) >= 11 is 0. The number of ether oxygens (including phenoxy) is 1. The molecule has 1 saturated carbocycles. The van der Waals surface area contributed by atoms with Crippen LogP contribution >= 0.6 is 0 Å². The van der Waals surface area contributed by atoms with Gasteiger partial charge in [0.2, 0.25) is 0 Å². The lowest BCUT2D eigenvalue weighted by atomic mass is 10.0. The molecule has 0 aromatic carbocycles. The fourth-order valence-corrected chi connectivity index (χ4v) is 2.24. The van der Waals surface area contributed by atoms with E-state index in [0.717, 1.165) is 18.4 Å². The van der Waals surface area contributed by atoms with Crippen LogP contribution in [-0.2, 0) is 4.74 Å². The van der Waals surface area contributed by atoms with E-state index in [1.807, 2.05) is 0 Å². The van der Waals surface area contributed by atoms with Gasteiger partial charge in [-0.25, -0.2) is 0 Å². The number of rotatable bonds is 3. The Balaban J connectivity index is 1.80. The van der Waals surface area contributed by atoms with Crippen molar-refractivity contribution in [2.45, 2.75) is 32.8 Å². The van der Waals surface area contributed by atoms with Crippen LogP contribution in [0.1, 0.15) is 26.7 Å². The quantitative estimate of drug-likeness (QED) is 0.586. The van der Waals surface area contributed by atoms with Crippen LogP contribution < -0.4 is 0 Å². The lowest BCUT2D eigenvalue weighted by molar-refractivity contribution is 0.0208. The molecule has 0 amide bonds. The van der Waals surface area contributed by atoms with E-state index in [9.17, 15) is 0 Å². The van der Waals surface area contributed by atoms with E-state index >= 15 is 0 Å². The monoisotopic (exact) mass is 166 g/mol. The van der Waals surface area contributed by atoms with Gasteiger partial charge >= 0.3 is 0 Å². The third-order valence-corrected chi connectivity index (χ3v) is 2.86. The third-order valence-electron chi connectivity index (χ3n) is 2.86. The van der Waals surface area contributed by atoms with Gasteiger partial charge in [-0.15, -0.1) is 0 Å². The fraction of sp³-hybridized carbons (Fsp3) is 0.818. The first-order valence-corrected chi connectivity index (χ1v) is 5.05. The van der Waals surface area contributed by atoms with Gasteiger partial charge in [-0.2, -0.15) is 0 Å². The van der Waals surface area contributed by atoms with Gasteiger partial charge in [0.05, 0.1) is 6.10 Å². The Bertz CT molecular complexity index is 183. The molecule has 2 rings (SSSR count). The van der Waals surface area contributed by atoms with Crippen molar-refractivity contribution >= 4 is 0 Å². The van der Waals surface area contributed by atoms with Crippen molar-refractivity contribution in [3.05, 3.63) is 12.2 Å². The highest BCUT2D eigenvalue weighted by Crippen LogP contribution is 2.40. The van der Waals surface area contributed by atoms with Crippen LogP contribution in [-0.4, -0.2) is 12.7 Å². The lowest BCUT2D eigenvalue weighted by Crippen LogP contribution is -2.20. The first-order chi connectivity index (χ1) is 5.75. The van der Waals surface area contributed by atoms with Gasteiger partial charge in [-0.3, -0.25) is 0 Å². The van der Waals surface area contributed by atoms with Crippen LogP contribution in [0.2, 0.25) is 0 Å². The smallest absolute Gasteiger partial charge is 0.0643 e. The van der Waals surface area contributed by atoms with Gasteiger partial charge in [-0.05, 0) is 24.7 Å². The molecule has 1 nitrogen and oxygen atoms in total. The summed E-state index contributed by atoms with van der Waals surface area (Å²) < 4.78 is 5.85. The van der Waals surface area contributed by atoms with Gasteiger partial charge < -0.3 is 4.74 Å². The van der Waals surface area contributed by atoms with Crippen LogP contribution in [0.5, 0.6) is 0 Å². The van der Waals surface area contributed by atoms with E-state index in [4.69, 9.17) is 4.74 Å². The molecule has 2 bridgehead atoms. The summed E-state index contributed by atoms with van der Waals surface area (Å²) in [7, 11) is 0. The predicted molar refractivity (Wildman–Crippen MR) is 49.9 cm³/mol. The first kappa shape index (κ1) is 8.31. The highest BCUT2D eigenvalue weighted by molar-refractivity contribution is 5.10. The summed E-state index contributed by atoms with van der Waals surface area (Å²) in [5, 5.41) is 0. The Morgan fingerprint density at radius 1 is 1.33 bits per heavy atom. The Labute approximate surface area is 74.8 Å². The molecule has 3 atom stereocenters. The molecule has 2 aliphatic carbocycles. The third kappa shape index (κ3) is 1.56. The van der Waals surface area contributed by atoms with E-state index < -0.39 is 0 Å². The summed E-state index contributed by atoms with van der Waals surface area (Å²) in [6.07, 6.45) is 7.87. The average Bonchev–Trinajstić information content (AvgIpc) is 2.60. The van der Waals surface area contributed by atoms with Crippen LogP contribution in [0.25, 0.3) is 0 Å². The summed E-state index contributed by atoms with van der Waals surface area (Å²) in [6.45, 7) is 5.35. The molecule has 0 aromatic rings. The zero-order chi connectivity index (χ0) is 8.55. The van der Waals surface area contributed by atoms with E-state index in [2.05, 4.69) is 26.0 Å². The second kappa shape index (κ2) is 3.21. The van der Waals surface area contributed by atoms with Crippen molar-refractivity contribution in [2.24, 2.45) is 17.8 Å². The molecule has 0 spiro atoms. The topological polar surface area (TPSA) is 9.23 Å². The van der Waals surface area contributed by atoms with Crippen LogP contribution in [0.3, 0.4) is 0 Å². The van der Waals surface area contributed by atoms with E-state index in [0.29, 0.717) is 12.0 Å². The van der Waals surface area contributed by atoms with Crippen LogP contribution in [0.15, 0.2) is 12.2 Å². The highest BCUT2D eigenvalue weighted by Gasteiger charge is 2.36. The average molecular weight is 166 g/mol. The number of hydrogen-bond donors (Lipinski definition) is 0. The second-order valence-electron chi connectivity index (χ2n) is 4.55. The van der Waals surface area contributed by atoms with E-state index in [1.165, 1.54) is 12.8 Å². The first-order valence-electron chi connectivity index (χ1n) is 5.05. The van der Waals surface area contributed by atoms with E-state index in [1.54, 1.807) is 0 Å². The Kier molecular flexibility index (Phi) is 2.22. The molecule has 2 aliphatic rings. The van der Waals surface area contributed by atoms with Crippen LogP contribution in [0, 0.1) is 17.8 Å². The largest absolute Gasteiger partial charge is 0.377 e. The van der Waals surface area contributed by atoms with Crippen molar-refractivity contribution in [3.8, 4) is 0 Å². The molecule has 1 fully saturated rings. The summed E-state index contributed by atoms with van der Waals surface area (Å²) in [4.78, 5) is 0. The maximum atomic E-state index is 5.85. The Morgan fingerprint density at radius 2 is 2.17 bits per heavy atom. The normalized spacial score (nSPS) is 38.4. The maximum absolute atomic E-state index is 5.85. The van der Waals surface area contributed by atoms with Crippen molar-refractivity contribution in [3.63, 3.8) is 0 Å². The van der Waals surface area contributed by atoms with Crippen molar-refractivity contribution in [1.29, 1.82) is 0 Å². The summed E-state index contributed by atoms with van der Waals surface area (Å²) in [5.41, 5.74) is 0. The predicted octanol–water partition coefficient (Wildman–Crippen LogP) is 2.62. The molecule has 0 aliphatic heterocycles. The standard InChI is InChI=1S/C11H18O/c1-8(2)7-12-11-6-9-3-4-10(11)5-9/h3-4,8-11H,5-7H2,1-2H3. The van der Waals surface area contributed by atoms with E-state index in [-0.39, 0.29) is 0 Å². The zero-order valence-corrected chi connectivity index (χ0v) is 7.99. The molecule has 0 aromatic heterocycles. The molecular weight excluding hydrogens is 148 g/mol. The minimum Gasteiger partial charge on any atom is -0.377 e. The molecule has 0 saturated heterocycles. The minimum atomic E-state index is 0.544. The molecule has 0 N–H and O–H groups in total. The van der Waals surface area contributed by atoms with Gasteiger partial charge in [0.1, 0.15) is 0 Å². The Morgan fingerprint density at radius 3 is 2.67 bits per heavy atom. The number of hydrogen-bond acceptors (Lipinski definition) is 1. The molecule has 0 radical (unpaired) electrons. The molecule has 3 unspecified atom stereocenters. The van der Waals surface area contributed by atoms with Gasteiger partial charge in [-0.1, -0.05) is 26.0 Å². The van der Waals surface area contributed by atoms with Gasteiger partial charge in [0.15, 0.2) is 0 Å². The minimum absolute atomic E-state index is 0.544. The fourth-order valence-electron chi connectivity index (χ4n) is 2.24. The SMILES string of the molecule is CC(C)COC1CC2C=CC1C2. The van der Waals surface area contributed by atoms with Gasteiger partial charge in [0, 0.05) is 12.5 Å². The molecule has 12 heavy (non-hydrogen) atoms. The Hall–Kier alpha value is -0.300. The molecule has 1 heteroatoms. The summed E-state index contributed by atoms with van der Waals surface area (Å²) in [5.74, 6) is 2.26.